The molecule has 2 N–H and O–H groups in total. The molecule has 0 saturated heterocycles. The highest BCUT2D eigenvalue weighted by atomic mass is 35.5. The predicted octanol–water partition coefficient (Wildman–Crippen LogP) is 4.83. The minimum atomic E-state index is -0.634. The summed E-state index contributed by atoms with van der Waals surface area (Å²) in [6.45, 7) is 2.46. The molecular weight excluding hydrogens is 289 g/mol. The molecule has 0 aliphatic heterocycles. The van der Waals surface area contributed by atoms with E-state index in [2.05, 4.69) is 12.2 Å². The monoisotopic (exact) mass is 305 g/mol. The van der Waals surface area contributed by atoms with Gasteiger partial charge in [-0.2, -0.15) is 0 Å². The zero-order valence-electron chi connectivity index (χ0n) is 10.7. The normalized spacial score (nSPS) is 10.3. The van der Waals surface area contributed by atoms with Gasteiger partial charge in [0.05, 0.1) is 17.3 Å². The van der Waals surface area contributed by atoms with Gasteiger partial charge in [0.2, 0.25) is 0 Å². The van der Waals surface area contributed by atoms with Crippen LogP contribution in [0.2, 0.25) is 10.0 Å². The smallest absolute Gasteiger partial charge is 0.411 e. The third-order valence-electron chi connectivity index (χ3n) is 2.50. The minimum Gasteiger partial charge on any atom is -0.504 e. The Morgan fingerprint density at radius 2 is 2.05 bits per heavy atom. The third kappa shape index (κ3) is 5.57. The average molecular weight is 306 g/mol. The van der Waals surface area contributed by atoms with Crippen LogP contribution in [0.5, 0.6) is 5.75 Å². The molecule has 6 heteroatoms. The molecule has 1 amide bonds. The highest BCUT2D eigenvalue weighted by molar-refractivity contribution is 6.36. The summed E-state index contributed by atoms with van der Waals surface area (Å²) >= 11 is 11.5. The van der Waals surface area contributed by atoms with Gasteiger partial charge in [0.15, 0.2) is 5.75 Å². The van der Waals surface area contributed by atoms with E-state index in [0.717, 1.165) is 25.7 Å². The molecule has 0 aliphatic carbocycles. The van der Waals surface area contributed by atoms with Crippen molar-refractivity contribution in [3.8, 4) is 5.75 Å². The van der Waals surface area contributed by atoms with Gasteiger partial charge in [-0.05, 0) is 18.6 Å². The molecule has 0 saturated carbocycles. The zero-order valence-corrected chi connectivity index (χ0v) is 12.2. The molecule has 0 unspecified atom stereocenters. The van der Waals surface area contributed by atoms with Crippen molar-refractivity contribution in [3.05, 3.63) is 22.2 Å². The van der Waals surface area contributed by atoms with Crippen molar-refractivity contribution in [2.75, 3.05) is 11.9 Å². The van der Waals surface area contributed by atoms with E-state index in [9.17, 15) is 9.90 Å². The van der Waals surface area contributed by atoms with E-state index in [4.69, 9.17) is 27.9 Å². The first kappa shape index (κ1) is 15.9. The summed E-state index contributed by atoms with van der Waals surface area (Å²) in [5.41, 5.74) is 0.135. The maximum absolute atomic E-state index is 11.5. The van der Waals surface area contributed by atoms with E-state index in [1.165, 1.54) is 12.1 Å². The SMILES string of the molecule is CCCCCCOC(=O)Nc1cc(Cl)cc(Cl)c1O. The van der Waals surface area contributed by atoms with Crippen molar-refractivity contribution in [1.82, 2.24) is 0 Å². The zero-order chi connectivity index (χ0) is 14.3. The number of hydrogen-bond donors (Lipinski definition) is 2. The summed E-state index contributed by atoms with van der Waals surface area (Å²) < 4.78 is 4.98. The fourth-order valence-corrected chi connectivity index (χ4v) is 1.99. The Kier molecular flexibility index (Phi) is 6.81. The first-order valence-corrected chi connectivity index (χ1v) is 6.92. The summed E-state index contributed by atoms with van der Waals surface area (Å²) in [5.74, 6) is -0.228. The van der Waals surface area contributed by atoms with Crippen molar-refractivity contribution in [2.45, 2.75) is 32.6 Å². The Balaban J connectivity index is 2.44. The third-order valence-corrected chi connectivity index (χ3v) is 3.00. The molecule has 0 atom stereocenters. The van der Waals surface area contributed by atoms with Crippen molar-refractivity contribution in [3.63, 3.8) is 0 Å². The van der Waals surface area contributed by atoms with E-state index in [0.29, 0.717) is 11.6 Å². The number of rotatable bonds is 6. The van der Waals surface area contributed by atoms with E-state index < -0.39 is 6.09 Å². The second-order valence-electron chi connectivity index (χ2n) is 4.11. The van der Waals surface area contributed by atoms with Crippen molar-refractivity contribution < 1.29 is 14.6 Å². The maximum Gasteiger partial charge on any atom is 0.411 e. The molecule has 19 heavy (non-hydrogen) atoms. The first-order chi connectivity index (χ1) is 9.04. The molecule has 1 rings (SSSR count). The Labute approximate surface area is 122 Å². The molecule has 0 aromatic heterocycles. The van der Waals surface area contributed by atoms with Gasteiger partial charge in [0.1, 0.15) is 0 Å². The van der Waals surface area contributed by atoms with Crippen LogP contribution in [0.3, 0.4) is 0 Å². The Morgan fingerprint density at radius 3 is 2.74 bits per heavy atom. The van der Waals surface area contributed by atoms with E-state index in [1.807, 2.05) is 0 Å². The number of phenols is 1. The van der Waals surface area contributed by atoms with Gasteiger partial charge in [0, 0.05) is 5.02 Å². The average Bonchev–Trinajstić information content (AvgIpc) is 2.35. The number of nitrogens with one attached hydrogen (secondary N) is 1. The molecule has 0 bridgehead atoms. The van der Waals surface area contributed by atoms with Crippen LogP contribution in [-0.2, 0) is 4.74 Å². The summed E-state index contributed by atoms with van der Waals surface area (Å²) in [7, 11) is 0. The molecule has 1 aromatic carbocycles. The molecule has 0 radical (unpaired) electrons. The number of unbranched alkanes of at least 4 members (excludes halogenated alkanes) is 3. The molecule has 0 fully saturated rings. The van der Waals surface area contributed by atoms with Crippen LogP contribution in [0.4, 0.5) is 10.5 Å². The lowest BCUT2D eigenvalue weighted by Gasteiger charge is -2.09. The topological polar surface area (TPSA) is 58.6 Å². The highest BCUT2D eigenvalue weighted by Gasteiger charge is 2.11. The number of aromatic hydroxyl groups is 1. The van der Waals surface area contributed by atoms with Crippen LogP contribution in [0.15, 0.2) is 12.1 Å². The molecule has 0 spiro atoms. The maximum atomic E-state index is 11.5. The number of ether oxygens (including phenoxy) is 1. The standard InChI is InChI=1S/C13H17Cl2NO3/c1-2-3-4-5-6-19-13(18)16-11-8-9(14)7-10(15)12(11)17/h7-8,17H,2-6H2,1H3,(H,16,18). The second kappa shape index (κ2) is 8.12. The number of carbonyl (C=O) groups is 1. The second-order valence-corrected chi connectivity index (χ2v) is 4.95. The number of halogens is 2. The summed E-state index contributed by atoms with van der Waals surface area (Å²) in [5, 5.41) is 12.4. The van der Waals surface area contributed by atoms with Crippen LogP contribution >= 0.6 is 23.2 Å². The number of benzene rings is 1. The van der Waals surface area contributed by atoms with Crippen LogP contribution in [0.25, 0.3) is 0 Å². The van der Waals surface area contributed by atoms with Gasteiger partial charge in [-0.3, -0.25) is 5.32 Å². The molecule has 0 heterocycles. The molecule has 106 valence electrons. The van der Waals surface area contributed by atoms with Gasteiger partial charge >= 0.3 is 6.09 Å². The van der Waals surface area contributed by atoms with Crippen LogP contribution < -0.4 is 5.32 Å². The molecule has 4 nitrogen and oxygen atoms in total. The first-order valence-electron chi connectivity index (χ1n) is 6.16. The number of carbonyl (C=O) groups excluding carboxylic acids is 1. The Hall–Kier alpha value is -1.13. The summed E-state index contributed by atoms with van der Waals surface area (Å²) in [6.07, 6.45) is 3.46. The number of anilines is 1. The lowest BCUT2D eigenvalue weighted by Crippen LogP contribution is -2.14. The van der Waals surface area contributed by atoms with Gasteiger partial charge in [-0.1, -0.05) is 49.4 Å². The Bertz CT molecular complexity index is 438. The van der Waals surface area contributed by atoms with Gasteiger partial charge < -0.3 is 9.84 Å². The van der Waals surface area contributed by atoms with Gasteiger partial charge in [0.25, 0.3) is 0 Å². The molecule has 0 aliphatic rings. The predicted molar refractivity (Wildman–Crippen MR) is 77.2 cm³/mol. The van der Waals surface area contributed by atoms with Crippen LogP contribution in [0, 0.1) is 0 Å². The van der Waals surface area contributed by atoms with E-state index in [-0.39, 0.29) is 16.5 Å². The quantitative estimate of drug-likeness (QED) is 0.584. The molecular formula is C13H17Cl2NO3. The number of hydrogen-bond acceptors (Lipinski definition) is 3. The van der Waals surface area contributed by atoms with Gasteiger partial charge in [-0.25, -0.2) is 4.79 Å². The van der Waals surface area contributed by atoms with Gasteiger partial charge in [-0.15, -0.1) is 0 Å². The largest absolute Gasteiger partial charge is 0.504 e. The van der Waals surface area contributed by atoms with Crippen molar-refractivity contribution >= 4 is 35.0 Å². The van der Waals surface area contributed by atoms with Crippen LogP contribution in [0.1, 0.15) is 32.6 Å². The lowest BCUT2D eigenvalue weighted by atomic mass is 10.2. The highest BCUT2D eigenvalue weighted by Crippen LogP contribution is 2.34. The summed E-state index contributed by atoms with van der Waals surface area (Å²) in [4.78, 5) is 11.5. The van der Waals surface area contributed by atoms with Crippen molar-refractivity contribution in [1.29, 1.82) is 0 Å². The fourth-order valence-electron chi connectivity index (χ4n) is 1.50. The van der Waals surface area contributed by atoms with E-state index >= 15 is 0 Å². The van der Waals surface area contributed by atoms with E-state index in [1.54, 1.807) is 0 Å². The molecule has 1 aromatic rings. The minimum absolute atomic E-state index is 0.0748. The number of phenolic OH excluding ortho intramolecular Hbond substituents is 1. The fraction of sp³-hybridized carbons (Fsp3) is 0.462. The summed E-state index contributed by atoms with van der Waals surface area (Å²) in [6, 6.07) is 2.79. The van der Waals surface area contributed by atoms with Crippen LogP contribution in [-0.4, -0.2) is 17.8 Å². The number of amides is 1. The Morgan fingerprint density at radius 1 is 1.32 bits per heavy atom. The van der Waals surface area contributed by atoms with Crippen molar-refractivity contribution in [2.24, 2.45) is 0 Å². The lowest BCUT2D eigenvalue weighted by molar-refractivity contribution is 0.159.